The molecule has 1 aliphatic heterocycles. The van der Waals surface area contributed by atoms with Crippen LogP contribution in [0.25, 0.3) is 0 Å². The molecule has 21 heavy (non-hydrogen) atoms. The minimum absolute atomic E-state index is 0.137. The smallest absolute Gasteiger partial charge is 0.212 e. The Bertz CT molecular complexity index is 525. The van der Waals surface area contributed by atoms with E-state index < -0.39 is 10.0 Å². The Balaban J connectivity index is 2.08. The molecule has 1 heterocycles. The van der Waals surface area contributed by atoms with E-state index in [4.69, 9.17) is 0 Å². The van der Waals surface area contributed by atoms with Crippen molar-refractivity contribution in [2.75, 3.05) is 12.3 Å². The third kappa shape index (κ3) is 4.82. The summed E-state index contributed by atoms with van der Waals surface area (Å²) in [4.78, 5) is 0. The van der Waals surface area contributed by atoms with E-state index in [0.29, 0.717) is 12.5 Å². The number of rotatable bonds is 6. The second-order valence-electron chi connectivity index (χ2n) is 6.45. The van der Waals surface area contributed by atoms with Gasteiger partial charge in [0.15, 0.2) is 0 Å². The number of hydrogen-bond acceptors (Lipinski definition) is 2. The van der Waals surface area contributed by atoms with Gasteiger partial charge >= 0.3 is 0 Å². The lowest BCUT2D eigenvalue weighted by Crippen LogP contribution is -2.45. The van der Waals surface area contributed by atoms with Crippen molar-refractivity contribution in [3.05, 3.63) is 35.9 Å². The second kappa shape index (κ2) is 7.41. The number of benzene rings is 1. The molecule has 0 spiro atoms. The van der Waals surface area contributed by atoms with E-state index in [0.717, 1.165) is 32.1 Å². The summed E-state index contributed by atoms with van der Waals surface area (Å²) in [7, 11) is -3.11. The second-order valence-corrected chi connectivity index (χ2v) is 8.49. The maximum atomic E-state index is 12.6. The molecule has 0 N–H and O–H groups in total. The molecule has 3 nitrogen and oxygen atoms in total. The number of piperidine rings is 1. The van der Waals surface area contributed by atoms with Gasteiger partial charge in [0.2, 0.25) is 10.0 Å². The molecule has 0 aromatic heterocycles. The number of hydrogen-bond donors (Lipinski definition) is 0. The molecular weight excluding hydrogens is 282 g/mol. The Morgan fingerprint density at radius 2 is 1.90 bits per heavy atom. The van der Waals surface area contributed by atoms with E-state index in [-0.39, 0.29) is 11.8 Å². The van der Waals surface area contributed by atoms with Crippen LogP contribution in [0.2, 0.25) is 0 Å². The highest BCUT2D eigenvalue weighted by atomic mass is 32.2. The van der Waals surface area contributed by atoms with Crippen LogP contribution in [0.1, 0.15) is 45.1 Å². The van der Waals surface area contributed by atoms with E-state index >= 15 is 0 Å². The van der Waals surface area contributed by atoms with Gasteiger partial charge in [0, 0.05) is 12.6 Å². The predicted octanol–water partition coefficient (Wildman–Crippen LogP) is 3.46. The molecule has 1 aliphatic rings. The Kier molecular flexibility index (Phi) is 5.82. The van der Waals surface area contributed by atoms with Gasteiger partial charge in [-0.3, -0.25) is 0 Å². The van der Waals surface area contributed by atoms with Gasteiger partial charge in [-0.05, 0) is 37.2 Å². The van der Waals surface area contributed by atoms with Gasteiger partial charge in [-0.1, -0.05) is 50.6 Å². The molecule has 0 amide bonds. The minimum atomic E-state index is -3.11. The molecule has 1 aromatic rings. The van der Waals surface area contributed by atoms with Gasteiger partial charge in [0.25, 0.3) is 0 Å². The normalized spacial score (nSPS) is 20.8. The molecule has 1 atom stereocenters. The average Bonchev–Trinajstić information content (AvgIpc) is 2.47. The fourth-order valence-electron chi connectivity index (χ4n) is 2.93. The van der Waals surface area contributed by atoms with Crippen molar-refractivity contribution in [3.63, 3.8) is 0 Å². The molecular formula is C17H27NO2S. The zero-order valence-electron chi connectivity index (χ0n) is 13.2. The van der Waals surface area contributed by atoms with Crippen LogP contribution in [0.3, 0.4) is 0 Å². The topological polar surface area (TPSA) is 37.4 Å². The van der Waals surface area contributed by atoms with E-state index in [1.165, 1.54) is 5.56 Å². The highest BCUT2D eigenvalue weighted by Gasteiger charge is 2.31. The zero-order chi connectivity index (χ0) is 15.3. The molecule has 118 valence electrons. The first-order valence-corrected chi connectivity index (χ1v) is 9.63. The fourth-order valence-corrected chi connectivity index (χ4v) is 4.98. The molecule has 0 aliphatic carbocycles. The summed E-state index contributed by atoms with van der Waals surface area (Å²) in [6, 6.07) is 10.4. The summed E-state index contributed by atoms with van der Waals surface area (Å²) in [5, 5.41) is 0. The maximum Gasteiger partial charge on any atom is 0.214 e. The molecule has 0 saturated carbocycles. The van der Waals surface area contributed by atoms with E-state index in [2.05, 4.69) is 26.0 Å². The molecule has 1 fully saturated rings. The van der Waals surface area contributed by atoms with Crippen LogP contribution in [0, 0.1) is 5.92 Å². The van der Waals surface area contributed by atoms with Gasteiger partial charge in [-0.2, -0.15) is 4.31 Å². The lowest BCUT2D eigenvalue weighted by Gasteiger charge is -2.35. The maximum absolute atomic E-state index is 12.6. The third-order valence-corrected chi connectivity index (χ3v) is 6.14. The van der Waals surface area contributed by atoms with Crippen LogP contribution >= 0.6 is 0 Å². The first kappa shape index (κ1) is 16.5. The Hall–Kier alpha value is -0.870. The molecule has 4 heteroatoms. The molecule has 0 bridgehead atoms. The predicted molar refractivity (Wildman–Crippen MR) is 87.7 cm³/mol. The van der Waals surface area contributed by atoms with Gasteiger partial charge < -0.3 is 0 Å². The van der Waals surface area contributed by atoms with Crippen LogP contribution < -0.4 is 0 Å². The molecule has 1 saturated heterocycles. The quantitative estimate of drug-likeness (QED) is 0.807. The van der Waals surface area contributed by atoms with Crippen LogP contribution in [0.5, 0.6) is 0 Å². The van der Waals surface area contributed by atoms with Crippen LogP contribution in [-0.2, 0) is 16.4 Å². The number of nitrogens with zero attached hydrogens (tertiary/aromatic N) is 1. The van der Waals surface area contributed by atoms with Crippen molar-refractivity contribution in [1.82, 2.24) is 4.31 Å². The van der Waals surface area contributed by atoms with Gasteiger partial charge in [-0.15, -0.1) is 0 Å². The van der Waals surface area contributed by atoms with Crippen molar-refractivity contribution in [2.24, 2.45) is 5.92 Å². The highest BCUT2D eigenvalue weighted by molar-refractivity contribution is 7.89. The average molecular weight is 309 g/mol. The highest BCUT2D eigenvalue weighted by Crippen LogP contribution is 2.24. The van der Waals surface area contributed by atoms with Crippen molar-refractivity contribution >= 4 is 10.0 Å². The van der Waals surface area contributed by atoms with Gasteiger partial charge in [0.05, 0.1) is 5.75 Å². The van der Waals surface area contributed by atoms with E-state index in [1.54, 1.807) is 4.31 Å². The van der Waals surface area contributed by atoms with E-state index in [9.17, 15) is 8.42 Å². The lowest BCUT2D eigenvalue weighted by atomic mass is 9.98. The lowest BCUT2D eigenvalue weighted by molar-refractivity contribution is 0.250. The summed E-state index contributed by atoms with van der Waals surface area (Å²) < 4.78 is 27.0. The van der Waals surface area contributed by atoms with Crippen LogP contribution in [0.4, 0.5) is 0 Å². The van der Waals surface area contributed by atoms with Crippen molar-refractivity contribution in [1.29, 1.82) is 0 Å². The molecule has 2 rings (SSSR count). The monoisotopic (exact) mass is 309 g/mol. The Morgan fingerprint density at radius 3 is 2.57 bits per heavy atom. The summed E-state index contributed by atoms with van der Waals surface area (Å²) in [6.45, 7) is 4.85. The van der Waals surface area contributed by atoms with E-state index in [1.807, 2.05) is 18.2 Å². The standard InChI is InChI=1S/C17H27NO2S/c1-15(2)11-13-21(19,20)18-12-7-6-10-17(18)14-16-8-4-3-5-9-16/h3-5,8-9,15,17H,6-7,10-14H2,1-2H3. The Morgan fingerprint density at radius 1 is 1.19 bits per heavy atom. The van der Waals surface area contributed by atoms with Gasteiger partial charge in [-0.25, -0.2) is 8.42 Å². The first-order chi connectivity index (χ1) is 9.99. The number of sulfonamides is 1. The van der Waals surface area contributed by atoms with Crippen LogP contribution in [0.15, 0.2) is 30.3 Å². The zero-order valence-corrected chi connectivity index (χ0v) is 14.0. The van der Waals surface area contributed by atoms with Gasteiger partial charge in [0.1, 0.15) is 0 Å². The first-order valence-electron chi connectivity index (χ1n) is 8.02. The molecule has 0 radical (unpaired) electrons. The summed E-state index contributed by atoms with van der Waals surface area (Å²) >= 11 is 0. The SMILES string of the molecule is CC(C)CCS(=O)(=O)N1CCCCC1Cc1ccccc1. The summed E-state index contributed by atoms with van der Waals surface area (Å²) in [5.74, 6) is 0.716. The van der Waals surface area contributed by atoms with Crippen molar-refractivity contribution < 1.29 is 8.42 Å². The van der Waals surface area contributed by atoms with Crippen molar-refractivity contribution in [3.8, 4) is 0 Å². The summed E-state index contributed by atoms with van der Waals surface area (Å²) in [5.41, 5.74) is 1.23. The fraction of sp³-hybridized carbons (Fsp3) is 0.647. The van der Waals surface area contributed by atoms with Crippen molar-refractivity contribution in [2.45, 2.75) is 52.0 Å². The molecule has 1 unspecified atom stereocenters. The Labute approximate surface area is 129 Å². The minimum Gasteiger partial charge on any atom is -0.212 e. The molecule has 1 aromatic carbocycles. The third-order valence-electron chi connectivity index (χ3n) is 4.20. The summed E-state index contributed by atoms with van der Waals surface area (Å²) in [6.07, 6.45) is 4.69. The van der Waals surface area contributed by atoms with Crippen LogP contribution in [-0.4, -0.2) is 31.1 Å². The largest absolute Gasteiger partial charge is 0.214 e.